The molecule has 2 aromatic rings. The van der Waals surface area contributed by atoms with Crippen LogP contribution in [0.2, 0.25) is 0 Å². The second-order valence-electron chi connectivity index (χ2n) is 9.20. The Morgan fingerprint density at radius 1 is 0.868 bits per heavy atom. The first-order chi connectivity index (χ1) is 17.8. The number of carbonyl (C=O) groups is 6. The van der Waals surface area contributed by atoms with Gasteiger partial charge in [0.05, 0.1) is 18.9 Å². The average Bonchev–Trinajstić information content (AvgIpc) is 3.23. The molecule has 2 rings (SSSR count). The first-order valence-electron chi connectivity index (χ1n) is 11.8. The van der Waals surface area contributed by atoms with Gasteiger partial charge in [-0.2, -0.15) is 0 Å². The van der Waals surface area contributed by atoms with Crippen molar-refractivity contribution in [3.63, 3.8) is 0 Å². The van der Waals surface area contributed by atoms with Gasteiger partial charge in [0.2, 0.25) is 29.5 Å². The van der Waals surface area contributed by atoms with Crippen LogP contribution >= 0.6 is 0 Å². The van der Waals surface area contributed by atoms with E-state index in [1.807, 2.05) is 24.3 Å². The highest BCUT2D eigenvalue weighted by atomic mass is 16.4. The lowest BCUT2D eigenvalue weighted by Gasteiger charge is -2.26. The maximum Gasteiger partial charge on any atom is 0.326 e. The molecule has 1 aromatic carbocycles. The molecule has 11 N–H and O–H groups in total. The van der Waals surface area contributed by atoms with E-state index >= 15 is 0 Å². The molecular weight excluding hydrogens is 498 g/mol. The molecule has 4 unspecified atom stereocenters. The number of aromatic nitrogens is 1. The molecule has 1 aromatic heterocycles. The molecule has 0 saturated heterocycles. The Bertz CT molecular complexity index is 1210. The SMILES string of the molecule is CC(C)C(NC(=O)C(CC(N)=O)NC(=O)C(N)Cc1c[nH]c2ccccc12)C(=O)NC(CC(N)=O)C(=O)O. The molecule has 14 nitrogen and oxygen atoms in total. The molecule has 0 aliphatic carbocycles. The number of aliphatic carboxylic acids is 1. The van der Waals surface area contributed by atoms with E-state index in [4.69, 9.17) is 17.2 Å². The van der Waals surface area contributed by atoms with Crippen LogP contribution in [0, 0.1) is 5.92 Å². The molecule has 0 bridgehead atoms. The number of amides is 5. The van der Waals surface area contributed by atoms with E-state index in [9.17, 15) is 33.9 Å². The Hall–Kier alpha value is -4.46. The fourth-order valence-corrected chi connectivity index (χ4v) is 3.77. The summed E-state index contributed by atoms with van der Waals surface area (Å²) in [6.07, 6.45) is 0.617. The van der Waals surface area contributed by atoms with E-state index in [-0.39, 0.29) is 6.42 Å². The molecule has 0 saturated carbocycles. The van der Waals surface area contributed by atoms with Gasteiger partial charge in [-0.1, -0.05) is 32.0 Å². The summed E-state index contributed by atoms with van der Waals surface area (Å²) >= 11 is 0. The minimum Gasteiger partial charge on any atom is -0.480 e. The average molecular weight is 532 g/mol. The first-order valence-corrected chi connectivity index (χ1v) is 11.8. The highest BCUT2D eigenvalue weighted by Crippen LogP contribution is 2.18. The number of carbonyl (C=O) groups excluding carboxylic acids is 5. The van der Waals surface area contributed by atoms with Crippen LogP contribution in [0.25, 0.3) is 10.9 Å². The molecule has 38 heavy (non-hydrogen) atoms. The van der Waals surface area contributed by atoms with Gasteiger partial charge in [-0.25, -0.2) is 4.79 Å². The number of nitrogens with one attached hydrogen (secondary N) is 4. The van der Waals surface area contributed by atoms with Gasteiger partial charge >= 0.3 is 5.97 Å². The van der Waals surface area contributed by atoms with Crippen molar-refractivity contribution in [3.05, 3.63) is 36.0 Å². The molecule has 0 aliphatic rings. The van der Waals surface area contributed by atoms with Crippen molar-refractivity contribution in [2.45, 2.75) is 57.3 Å². The van der Waals surface area contributed by atoms with Crippen molar-refractivity contribution in [1.29, 1.82) is 0 Å². The summed E-state index contributed by atoms with van der Waals surface area (Å²) in [7, 11) is 0. The van der Waals surface area contributed by atoms with Gasteiger partial charge in [-0.15, -0.1) is 0 Å². The van der Waals surface area contributed by atoms with Gasteiger partial charge < -0.3 is 43.2 Å². The molecule has 1 heterocycles. The smallest absolute Gasteiger partial charge is 0.326 e. The summed E-state index contributed by atoms with van der Waals surface area (Å²) < 4.78 is 0. The summed E-state index contributed by atoms with van der Waals surface area (Å²) in [6.45, 7) is 3.15. The van der Waals surface area contributed by atoms with Crippen molar-refractivity contribution in [1.82, 2.24) is 20.9 Å². The van der Waals surface area contributed by atoms with Crippen LogP contribution in [0.3, 0.4) is 0 Å². The lowest BCUT2D eigenvalue weighted by atomic mass is 10.0. The number of nitrogens with two attached hydrogens (primary N) is 3. The van der Waals surface area contributed by atoms with Crippen LogP contribution in [-0.2, 0) is 35.2 Å². The third-order valence-electron chi connectivity index (χ3n) is 5.76. The standard InChI is InChI=1S/C24H33N7O7/c1-11(2)20(23(36)30-17(24(37)38)9-19(27)33)31-22(35)16(8-18(26)32)29-21(34)14(25)7-12-10-28-15-6-4-3-5-13(12)15/h3-6,10-11,14,16-17,20,28H,7-9,25H2,1-2H3,(H2,26,32)(H2,27,33)(H,29,34)(H,30,36)(H,31,35)(H,37,38). The summed E-state index contributed by atoms with van der Waals surface area (Å²) in [5.74, 6) is -6.42. The number of aromatic amines is 1. The summed E-state index contributed by atoms with van der Waals surface area (Å²) in [6, 6.07) is 2.01. The van der Waals surface area contributed by atoms with Crippen LogP contribution < -0.4 is 33.2 Å². The molecule has 4 atom stereocenters. The highest BCUT2D eigenvalue weighted by Gasteiger charge is 2.33. The monoisotopic (exact) mass is 531 g/mol. The van der Waals surface area contributed by atoms with Crippen LogP contribution in [0.15, 0.2) is 30.5 Å². The Kier molecular flexibility index (Phi) is 10.3. The molecule has 0 radical (unpaired) electrons. The van der Waals surface area contributed by atoms with Gasteiger partial charge in [-0.05, 0) is 24.0 Å². The minimum atomic E-state index is -1.61. The molecular formula is C24H33N7O7. The van der Waals surface area contributed by atoms with E-state index in [0.29, 0.717) is 0 Å². The number of para-hydroxylation sites is 1. The molecule has 0 aliphatic heterocycles. The van der Waals surface area contributed by atoms with Crippen LogP contribution in [0.5, 0.6) is 0 Å². The number of primary amides is 2. The summed E-state index contributed by atoms with van der Waals surface area (Å²) in [5, 5.41) is 17.1. The number of carboxylic acids is 1. The Morgan fingerprint density at radius 2 is 1.45 bits per heavy atom. The number of rotatable bonds is 14. The number of fused-ring (bicyclic) bond motifs is 1. The maximum absolute atomic E-state index is 13.0. The third kappa shape index (κ3) is 8.30. The Labute approximate surface area is 218 Å². The third-order valence-corrected chi connectivity index (χ3v) is 5.76. The first kappa shape index (κ1) is 29.8. The largest absolute Gasteiger partial charge is 0.480 e. The Balaban J connectivity index is 2.12. The normalized spacial score (nSPS) is 14.2. The quantitative estimate of drug-likeness (QED) is 0.135. The van der Waals surface area contributed by atoms with Crippen molar-refractivity contribution in [3.8, 4) is 0 Å². The zero-order valence-electron chi connectivity index (χ0n) is 21.0. The van der Waals surface area contributed by atoms with E-state index in [1.165, 1.54) is 0 Å². The topological polar surface area (TPSA) is 253 Å². The number of H-pyrrole nitrogens is 1. The lowest BCUT2D eigenvalue weighted by Crippen LogP contribution is -2.59. The molecule has 14 heteroatoms. The van der Waals surface area contributed by atoms with Crippen molar-refractivity contribution >= 4 is 46.4 Å². The summed E-state index contributed by atoms with van der Waals surface area (Å²) in [5.41, 5.74) is 18.0. The van der Waals surface area contributed by atoms with Crippen LogP contribution in [-0.4, -0.2) is 69.8 Å². The molecule has 206 valence electrons. The van der Waals surface area contributed by atoms with Gasteiger partial charge in [0.1, 0.15) is 18.1 Å². The van der Waals surface area contributed by atoms with Gasteiger partial charge in [0.15, 0.2) is 0 Å². The second kappa shape index (κ2) is 13.2. The van der Waals surface area contributed by atoms with E-state index in [2.05, 4.69) is 20.9 Å². The molecule has 0 fully saturated rings. The zero-order chi connectivity index (χ0) is 28.6. The van der Waals surface area contributed by atoms with Crippen LogP contribution in [0.4, 0.5) is 0 Å². The van der Waals surface area contributed by atoms with Gasteiger partial charge in [0, 0.05) is 17.1 Å². The van der Waals surface area contributed by atoms with Gasteiger partial charge in [-0.3, -0.25) is 24.0 Å². The Morgan fingerprint density at radius 3 is 2.03 bits per heavy atom. The second-order valence-corrected chi connectivity index (χ2v) is 9.20. The maximum atomic E-state index is 13.0. The highest BCUT2D eigenvalue weighted by molar-refractivity contribution is 5.97. The predicted octanol–water partition coefficient (Wildman–Crippen LogP) is -2.02. The minimum absolute atomic E-state index is 0.133. The van der Waals surface area contributed by atoms with E-state index < -0.39 is 78.4 Å². The molecule has 5 amide bonds. The fourth-order valence-electron chi connectivity index (χ4n) is 3.77. The van der Waals surface area contributed by atoms with Crippen molar-refractivity contribution < 1.29 is 33.9 Å². The van der Waals surface area contributed by atoms with E-state index in [0.717, 1.165) is 16.5 Å². The van der Waals surface area contributed by atoms with Gasteiger partial charge in [0.25, 0.3) is 0 Å². The number of carboxylic acid groups (broad SMARTS) is 1. The molecule has 0 spiro atoms. The lowest BCUT2D eigenvalue weighted by molar-refractivity contribution is -0.144. The number of hydrogen-bond acceptors (Lipinski definition) is 7. The van der Waals surface area contributed by atoms with Crippen molar-refractivity contribution in [2.75, 3.05) is 0 Å². The fraction of sp³-hybridized carbons (Fsp3) is 0.417. The van der Waals surface area contributed by atoms with E-state index in [1.54, 1.807) is 20.0 Å². The van der Waals surface area contributed by atoms with Crippen molar-refractivity contribution in [2.24, 2.45) is 23.1 Å². The zero-order valence-corrected chi connectivity index (χ0v) is 21.0. The number of benzene rings is 1. The predicted molar refractivity (Wildman–Crippen MR) is 136 cm³/mol. The summed E-state index contributed by atoms with van der Waals surface area (Å²) in [4.78, 5) is 75.7. The van der Waals surface area contributed by atoms with Crippen LogP contribution in [0.1, 0.15) is 32.3 Å². The number of hydrogen-bond donors (Lipinski definition) is 8.